The van der Waals surface area contributed by atoms with E-state index in [-0.39, 0.29) is 12.1 Å². The van der Waals surface area contributed by atoms with Crippen molar-refractivity contribution in [2.45, 2.75) is 38.0 Å². The second-order valence-corrected chi connectivity index (χ2v) is 8.97. The lowest BCUT2D eigenvalue weighted by atomic mass is 9.78. The molecule has 0 amide bonds. The number of hydrogen-bond acceptors (Lipinski definition) is 6. The molecule has 0 bridgehead atoms. The Labute approximate surface area is 182 Å². The molecule has 2 heterocycles. The van der Waals surface area contributed by atoms with E-state index in [2.05, 4.69) is 23.1 Å². The smallest absolute Gasteiger partial charge is 0.337 e. The molecule has 2 aliphatic heterocycles. The summed E-state index contributed by atoms with van der Waals surface area (Å²) < 4.78 is 16.5. The first-order chi connectivity index (χ1) is 15.1. The predicted molar refractivity (Wildman–Crippen MR) is 115 cm³/mol. The van der Waals surface area contributed by atoms with Crippen LogP contribution in [0.5, 0.6) is 11.5 Å². The maximum atomic E-state index is 11.6. The summed E-state index contributed by atoms with van der Waals surface area (Å²) in [5.41, 5.74) is 3.14. The SMILES string of the molecule is COC(=O)c1ccc(O[C@@H]2C[C@@H]3CN(Cc4ccc5c(c4)CCO5)C[C@@H]3C[C@H]2O)cc1. The van der Waals surface area contributed by atoms with Crippen molar-refractivity contribution in [3.05, 3.63) is 59.2 Å². The molecule has 2 aromatic carbocycles. The fraction of sp³-hybridized carbons (Fsp3) is 0.480. The number of carbonyl (C=O) groups is 1. The van der Waals surface area contributed by atoms with Crippen molar-refractivity contribution in [1.82, 2.24) is 4.90 Å². The van der Waals surface area contributed by atoms with Gasteiger partial charge in [0.2, 0.25) is 0 Å². The molecule has 164 valence electrons. The zero-order chi connectivity index (χ0) is 21.4. The first kappa shape index (κ1) is 20.3. The second kappa shape index (κ2) is 8.52. The summed E-state index contributed by atoms with van der Waals surface area (Å²) in [4.78, 5) is 14.1. The van der Waals surface area contributed by atoms with Crippen LogP contribution in [0, 0.1) is 11.8 Å². The van der Waals surface area contributed by atoms with Gasteiger partial charge >= 0.3 is 5.97 Å². The average Bonchev–Trinajstić information content (AvgIpc) is 3.39. The lowest BCUT2D eigenvalue weighted by Crippen LogP contribution is -2.42. The zero-order valence-corrected chi connectivity index (χ0v) is 17.8. The van der Waals surface area contributed by atoms with Crippen LogP contribution in [0.2, 0.25) is 0 Å². The zero-order valence-electron chi connectivity index (χ0n) is 17.8. The maximum absolute atomic E-state index is 11.6. The third-order valence-corrected chi connectivity index (χ3v) is 6.88. The van der Waals surface area contributed by atoms with Gasteiger partial charge in [0.05, 0.1) is 25.4 Å². The van der Waals surface area contributed by atoms with E-state index in [4.69, 9.17) is 14.2 Å². The summed E-state index contributed by atoms with van der Waals surface area (Å²) in [6.07, 6.45) is 1.92. The molecule has 3 aliphatic rings. The van der Waals surface area contributed by atoms with Crippen LogP contribution in [0.3, 0.4) is 0 Å². The van der Waals surface area contributed by atoms with Crippen LogP contribution in [-0.2, 0) is 17.7 Å². The summed E-state index contributed by atoms with van der Waals surface area (Å²) in [5.74, 6) is 2.37. The molecule has 6 heteroatoms. The molecule has 31 heavy (non-hydrogen) atoms. The van der Waals surface area contributed by atoms with E-state index in [9.17, 15) is 9.90 Å². The van der Waals surface area contributed by atoms with Gasteiger partial charge in [-0.05, 0) is 66.1 Å². The van der Waals surface area contributed by atoms with E-state index in [1.807, 2.05) is 0 Å². The van der Waals surface area contributed by atoms with Gasteiger partial charge in [0, 0.05) is 26.1 Å². The Morgan fingerprint density at radius 2 is 1.90 bits per heavy atom. The third kappa shape index (κ3) is 4.27. The monoisotopic (exact) mass is 423 g/mol. The van der Waals surface area contributed by atoms with Crippen molar-refractivity contribution in [2.75, 3.05) is 26.8 Å². The van der Waals surface area contributed by atoms with Crippen LogP contribution in [0.4, 0.5) is 0 Å². The molecule has 1 saturated heterocycles. The summed E-state index contributed by atoms with van der Waals surface area (Å²) in [5, 5.41) is 10.7. The minimum absolute atomic E-state index is 0.220. The highest BCUT2D eigenvalue weighted by molar-refractivity contribution is 5.89. The molecule has 0 spiro atoms. The van der Waals surface area contributed by atoms with Crippen LogP contribution in [0.1, 0.15) is 34.3 Å². The summed E-state index contributed by atoms with van der Waals surface area (Å²) in [6.45, 7) is 3.79. The Balaban J connectivity index is 1.19. The van der Waals surface area contributed by atoms with E-state index in [1.165, 1.54) is 18.2 Å². The molecule has 0 unspecified atom stereocenters. The van der Waals surface area contributed by atoms with Gasteiger partial charge in [0.25, 0.3) is 0 Å². The molecule has 6 nitrogen and oxygen atoms in total. The standard InChI is InChI=1S/C25H29NO5/c1-29-25(28)17-3-5-21(6-4-17)31-24-12-20-15-26(14-19(20)11-22(24)27)13-16-2-7-23-18(10-16)8-9-30-23/h2-7,10,19-20,22,24,27H,8-9,11-15H2,1H3/t19-,20+,22+,24+/m0/s1. The maximum Gasteiger partial charge on any atom is 0.337 e. The first-order valence-corrected chi connectivity index (χ1v) is 11.1. The number of fused-ring (bicyclic) bond motifs is 2. The topological polar surface area (TPSA) is 68.2 Å². The molecule has 1 saturated carbocycles. The quantitative estimate of drug-likeness (QED) is 0.746. The number of aliphatic hydroxyl groups excluding tert-OH is 1. The number of aliphatic hydroxyl groups is 1. The molecule has 1 N–H and O–H groups in total. The van der Waals surface area contributed by atoms with E-state index >= 15 is 0 Å². The molecule has 1 aliphatic carbocycles. The van der Waals surface area contributed by atoms with E-state index in [0.29, 0.717) is 23.1 Å². The average molecular weight is 424 g/mol. The van der Waals surface area contributed by atoms with Crippen molar-refractivity contribution in [1.29, 1.82) is 0 Å². The van der Waals surface area contributed by atoms with Gasteiger partial charge in [-0.25, -0.2) is 4.79 Å². The molecule has 4 atom stereocenters. The first-order valence-electron chi connectivity index (χ1n) is 11.1. The Morgan fingerprint density at radius 3 is 2.68 bits per heavy atom. The van der Waals surface area contributed by atoms with Crippen LogP contribution < -0.4 is 9.47 Å². The summed E-state index contributed by atoms with van der Waals surface area (Å²) in [7, 11) is 1.37. The lowest BCUT2D eigenvalue weighted by Gasteiger charge is -2.35. The Hall–Kier alpha value is -2.57. The summed E-state index contributed by atoms with van der Waals surface area (Å²) in [6, 6.07) is 13.5. The largest absolute Gasteiger partial charge is 0.493 e. The van der Waals surface area contributed by atoms with Crippen LogP contribution in [-0.4, -0.2) is 55.0 Å². The van der Waals surface area contributed by atoms with Crippen molar-refractivity contribution >= 4 is 5.97 Å². The Bertz CT molecular complexity index is 943. The van der Waals surface area contributed by atoms with E-state index in [1.54, 1.807) is 24.3 Å². The van der Waals surface area contributed by atoms with Crippen LogP contribution >= 0.6 is 0 Å². The number of ether oxygens (including phenoxy) is 3. The van der Waals surface area contributed by atoms with Gasteiger partial charge in [-0.3, -0.25) is 4.90 Å². The molecular formula is C25H29NO5. The number of nitrogens with zero attached hydrogens (tertiary/aromatic N) is 1. The van der Waals surface area contributed by atoms with Crippen LogP contribution in [0.25, 0.3) is 0 Å². The molecule has 0 aromatic heterocycles. The Kier molecular flexibility index (Phi) is 5.59. The van der Waals surface area contributed by atoms with E-state index < -0.39 is 6.10 Å². The Morgan fingerprint density at radius 1 is 1.13 bits per heavy atom. The molecule has 2 aromatic rings. The number of likely N-dealkylation sites (tertiary alicyclic amines) is 1. The van der Waals surface area contributed by atoms with Gasteiger partial charge in [-0.1, -0.05) is 12.1 Å². The molecule has 2 fully saturated rings. The van der Waals surface area contributed by atoms with Gasteiger partial charge < -0.3 is 19.3 Å². The van der Waals surface area contributed by atoms with Crippen molar-refractivity contribution in [3.8, 4) is 11.5 Å². The van der Waals surface area contributed by atoms with Gasteiger partial charge in [0.15, 0.2) is 0 Å². The van der Waals surface area contributed by atoms with Gasteiger partial charge in [-0.15, -0.1) is 0 Å². The van der Waals surface area contributed by atoms with Gasteiger partial charge in [-0.2, -0.15) is 0 Å². The van der Waals surface area contributed by atoms with Gasteiger partial charge in [0.1, 0.15) is 17.6 Å². The number of rotatable bonds is 5. The van der Waals surface area contributed by atoms with Crippen LogP contribution in [0.15, 0.2) is 42.5 Å². The van der Waals surface area contributed by atoms with Crippen molar-refractivity contribution in [3.63, 3.8) is 0 Å². The predicted octanol–water partition coefficient (Wildman–Crippen LogP) is 3.06. The number of esters is 1. The molecule has 5 rings (SSSR count). The number of hydrogen-bond donors (Lipinski definition) is 1. The highest BCUT2D eigenvalue weighted by Gasteiger charge is 2.42. The third-order valence-electron chi connectivity index (χ3n) is 6.88. The minimum atomic E-state index is -0.473. The molecular weight excluding hydrogens is 394 g/mol. The van der Waals surface area contributed by atoms with Crippen molar-refractivity contribution < 1.29 is 24.1 Å². The van der Waals surface area contributed by atoms with E-state index in [0.717, 1.165) is 51.3 Å². The lowest BCUT2D eigenvalue weighted by molar-refractivity contribution is -0.0231. The highest BCUT2D eigenvalue weighted by atomic mass is 16.5. The number of methoxy groups -OCH3 is 1. The van der Waals surface area contributed by atoms with Crippen molar-refractivity contribution in [2.24, 2.45) is 11.8 Å². The second-order valence-electron chi connectivity index (χ2n) is 8.97. The summed E-state index contributed by atoms with van der Waals surface area (Å²) >= 11 is 0. The molecule has 0 radical (unpaired) electrons. The number of carbonyl (C=O) groups excluding carboxylic acids is 1. The fourth-order valence-electron chi connectivity index (χ4n) is 5.30. The normalized spacial score (nSPS) is 27.3. The highest BCUT2D eigenvalue weighted by Crippen LogP contribution is 2.39. The fourth-order valence-corrected chi connectivity index (χ4v) is 5.30. The minimum Gasteiger partial charge on any atom is -0.493 e. The number of benzene rings is 2.